The Morgan fingerprint density at radius 1 is 1.35 bits per heavy atom. The molecule has 0 aliphatic heterocycles. The van der Waals surface area contributed by atoms with Crippen molar-refractivity contribution in [1.29, 1.82) is 0 Å². The highest BCUT2D eigenvalue weighted by Gasteiger charge is 2.14. The Morgan fingerprint density at radius 2 is 2.10 bits per heavy atom. The number of rotatable bonds is 5. The number of hydrogen-bond donors (Lipinski definition) is 1. The first-order chi connectivity index (χ1) is 9.56. The summed E-state index contributed by atoms with van der Waals surface area (Å²) in [5.74, 6) is 1.47. The summed E-state index contributed by atoms with van der Waals surface area (Å²) in [6.45, 7) is 6.53. The van der Waals surface area contributed by atoms with Gasteiger partial charge >= 0.3 is 0 Å². The van der Waals surface area contributed by atoms with Crippen LogP contribution in [0.1, 0.15) is 30.5 Å². The van der Waals surface area contributed by atoms with Crippen molar-refractivity contribution in [3.63, 3.8) is 0 Å². The molecule has 0 radical (unpaired) electrons. The molecule has 2 N–H and O–H groups in total. The van der Waals surface area contributed by atoms with Crippen LogP contribution < -0.4 is 15.2 Å². The van der Waals surface area contributed by atoms with E-state index in [0.29, 0.717) is 6.61 Å². The van der Waals surface area contributed by atoms with E-state index >= 15 is 0 Å². The summed E-state index contributed by atoms with van der Waals surface area (Å²) in [6, 6.07) is 5.87. The molecule has 0 amide bonds. The maximum atomic E-state index is 5.95. The van der Waals surface area contributed by atoms with E-state index in [4.69, 9.17) is 15.2 Å². The minimum absolute atomic E-state index is 0.00541. The Hall–Kier alpha value is -1.59. The first kappa shape index (κ1) is 14.8. The molecule has 2 aromatic rings. The summed E-state index contributed by atoms with van der Waals surface area (Å²) in [5.41, 5.74) is 7.96. The van der Waals surface area contributed by atoms with Crippen LogP contribution in [-0.4, -0.2) is 18.7 Å². The van der Waals surface area contributed by atoms with Crippen LogP contribution >= 0.6 is 11.3 Å². The van der Waals surface area contributed by atoms with Crippen molar-refractivity contribution < 1.29 is 9.47 Å². The molecule has 1 heterocycles. The third-order valence-corrected chi connectivity index (χ3v) is 4.36. The lowest BCUT2D eigenvalue weighted by Gasteiger charge is -2.09. The summed E-state index contributed by atoms with van der Waals surface area (Å²) in [4.78, 5) is 5.71. The second-order valence-corrected chi connectivity index (χ2v) is 5.59. The van der Waals surface area contributed by atoms with Crippen molar-refractivity contribution in [3.05, 3.63) is 28.8 Å². The molecule has 108 valence electrons. The van der Waals surface area contributed by atoms with Crippen molar-refractivity contribution in [2.45, 2.75) is 26.8 Å². The van der Waals surface area contributed by atoms with Crippen LogP contribution in [0.25, 0.3) is 10.6 Å². The number of methoxy groups -OCH3 is 1. The number of nitrogens with two attached hydrogens (primary N) is 1. The Labute approximate surface area is 123 Å². The fraction of sp³-hybridized carbons (Fsp3) is 0.400. The van der Waals surface area contributed by atoms with Crippen molar-refractivity contribution in [3.8, 4) is 22.1 Å². The van der Waals surface area contributed by atoms with E-state index in [1.807, 2.05) is 39.0 Å². The van der Waals surface area contributed by atoms with Crippen LogP contribution in [0.4, 0.5) is 0 Å². The molecule has 0 bridgehead atoms. The van der Waals surface area contributed by atoms with Crippen LogP contribution in [0, 0.1) is 6.92 Å². The Balaban J connectivity index is 2.40. The van der Waals surface area contributed by atoms with Gasteiger partial charge in [-0.3, -0.25) is 0 Å². The summed E-state index contributed by atoms with van der Waals surface area (Å²) < 4.78 is 10.9. The largest absolute Gasteiger partial charge is 0.493 e. The van der Waals surface area contributed by atoms with Gasteiger partial charge in [-0.1, -0.05) is 0 Å². The third kappa shape index (κ3) is 2.94. The van der Waals surface area contributed by atoms with Crippen LogP contribution in [0.2, 0.25) is 0 Å². The van der Waals surface area contributed by atoms with E-state index in [0.717, 1.165) is 32.6 Å². The summed E-state index contributed by atoms with van der Waals surface area (Å²) in [6.07, 6.45) is 0. The number of nitrogens with zero attached hydrogens (tertiary/aromatic N) is 1. The summed E-state index contributed by atoms with van der Waals surface area (Å²) in [5, 5.41) is 0.955. The maximum Gasteiger partial charge on any atom is 0.161 e. The van der Waals surface area contributed by atoms with E-state index in [9.17, 15) is 0 Å². The van der Waals surface area contributed by atoms with Crippen LogP contribution in [-0.2, 0) is 0 Å². The molecule has 5 heteroatoms. The lowest BCUT2D eigenvalue weighted by molar-refractivity contribution is 0.311. The highest BCUT2D eigenvalue weighted by atomic mass is 32.1. The Bertz CT molecular complexity index is 594. The lowest BCUT2D eigenvalue weighted by atomic mass is 10.2. The highest BCUT2D eigenvalue weighted by Crippen LogP contribution is 2.36. The second-order valence-electron chi connectivity index (χ2n) is 4.56. The quantitative estimate of drug-likeness (QED) is 0.915. The Morgan fingerprint density at radius 3 is 2.65 bits per heavy atom. The zero-order chi connectivity index (χ0) is 14.7. The number of benzene rings is 1. The Kier molecular flexibility index (Phi) is 4.62. The van der Waals surface area contributed by atoms with Crippen molar-refractivity contribution in [2.24, 2.45) is 5.73 Å². The fourth-order valence-corrected chi connectivity index (χ4v) is 3.04. The van der Waals surface area contributed by atoms with E-state index < -0.39 is 0 Å². The average molecular weight is 292 g/mol. The third-order valence-electron chi connectivity index (χ3n) is 2.96. The zero-order valence-corrected chi connectivity index (χ0v) is 13.1. The van der Waals surface area contributed by atoms with Crippen molar-refractivity contribution >= 4 is 11.3 Å². The smallest absolute Gasteiger partial charge is 0.161 e. The number of ether oxygens (including phenoxy) is 2. The normalized spacial score (nSPS) is 12.2. The second kappa shape index (κ2) is 6.24. The summed E-state index contributed by atoms with van der Waals surface area (Å²) >= 11 is 1.63. The van der Waals surface area contributed by atoms with Crippen LogP contribution in [0.15, 0.2) is 18.2 Å². The van der Waals surface area contributed by atoms with Gasteiger partial charge in [0, 0.05) is 16.5 Å². The standard InChI is InChI=1S/C15H20N2O2S/c1-5-19-12-7-6-11(8-13(12)18-4)15-17-10(3)14(20-15)9(2)16/h6-9H,5,16H2,1-4H3. The van der Waals surface area contributed by atoms with Gasteiger partial charge in [0.05, 0.1) is 19.4 Å². The minimum atomic E-state index is 0.00541. The van der Waals surface area contributed by atoms with E-state index in [1.165, 1.54) is 0 Å². The van der Waals surface area contributed by atoms with Gasteiger partial charge in [-0.2, -0.15) is 0 Å². The molecule has 0 saturated heterocycles. The highest BCUT2D eigenvalue weighted by molar-refractivity contribution is 7.15. The molecule has 4 nitrogen and oxygen atoms in total. The number of thiazole rings is 1. The molecular weight excluding hydrogens is 272 g/mol. The zero-order valence-electron chi connectivity index (χ0n) is 12.3. The predicted molar refractivity (Wildman–Crippen MR) is 82.6 cm³/mol. The van der Waals surface area contributed by atoms with Crippen molar-refractivity contribution in [1.82, 2.24) is 4.98 Å². The molecule has 1 unspecified atom stereocenters. The first-order valence-corrected chi connectivity index (χ1v) is 7.42. The van der Waals surface area contributed by atoms with Gasteiger partial charge in [0.2, 0.25) is 0 Å². The molecule has 0 aliphatic rings. The first-order valence-electron chi connectivity index (χ1n) is 6.61. The molecule has 1 aromatic heterocycles. The van der Waals surface area contributed by atoms with Gasteiger partial charge in [0.15, 0.2) is 11.5 Å². The molecule has 0 saturated carbocycles. The predicted octanol–water partition coefficient (Wildman–Crippen LogP) is 3.55. The topological polar surface area (TPSA) is 57.4 Å². The van der Waals surface area contributed by atoms with Gasteiger partial charge in [-0.05, 0) is 39.0 Å². The average Bonchev–Trinajstić information content (AvgIpc) is 2.82. The van der Waals surface area contributed by atoms with Crippen LogP contribution in [0.5, 0.6) is 11.5 Å². The summed E-state index contributed by atoms with van der Waals surface area (Å²) in [7, 11) is 1.64. The van der Waals surface area contributed by atoms with Crippen LogP contribution in [0.3, 0.4) is 0 Å². The fourth-order valence-electron chi connectivity index (χ4n) is 2.03. The van der Waals surface area contributed by atoms with Gasteiger partial charge in [0.1, 0.15) is 5.01 Å². The SMILES string of the molecule is CCOc1ccc(-c2nc(C)c(C(C)N)s2)cc1OC. The molecule has 0 spiro atoms. The molecule has 0 fully saturated rings. The monoisotopic (exact) mass is 292 g/mol. The van der Waals surface area contributed by atoms with Gasteiger partial charge < -0.3 is 15.2 Å². The van der Waals surface area contributed by atoms with E-state index in [2.05, 4.69) is 4.98 Å². The molecule has 0 aliphatic carbocycles. The van der Waals surface area contributed by atoms with E-state index in [-0.39, 0.29) is 6.04 Å². The van der Waals surface area contributed by atoms with Gasteiger partial charge in [-0.25, -0.2) is 4.98 Å². The van der Waals surface area contributed by atoms with Crippen molar-refractivity contribution in [2.75, 3.05) is 13.7 Å². The maximum absolute atomic E-state index is 5.95. The number of aromatic nitrogens is 1. The molecule has 2 rings (SSSR count). The van der Waals surface area contributed by atoms with Gasteiger partial charge in [-0.15, -0.1) is 11.3 Å². The molecule has 1 aromatic carbocycles. The molecule has 1 atom stereocenters. The molecule has 20 heavy (non-hydrogen) atoms. The number of aryl methyl sites for hydroxylation is 1. The number of hydrogen-bond acceptors (Lipinski definition) is 5. The molecular formula is C15H20N2O2S. The lowest BCUT2D eigenvalue weighted by Crippen LogP contribution is -2.03. The van der Waals surface area contributed by atoms with Gasteiger partial charge in [0.25, 0.3) is 0 Å². The van der Waals surface area contributed by atoms with E-state index in [1.54, 1.807) is 18.4 Å². The minimum Gasteiger partial charge on any atom is -0.493 e.